The number of hydrogen-bond donors (Lipinski definition) is 6. The number of amides is 5. The van der Waals surface area contributed by atoms with Gasteiger partial charge in [-0.05, 0) is 90.6 Å². The maximum Gasteiger partial charge on any atom is 0.326 e. The van der Waals surface area contributed by atoms with Crippen molar-refractivity contribution in [3.63, 3.8) is 0 Å². The number of nitrogens with one attached hydrogen (secondary N) is 5. The average Bonchev–Trinajstić information content (AvgIpc) is 3.49. The number of carbonyl (C=O) groups excluding carboxylic acids is 5. The summed E-state index contributed by atoms with van der Waals surface area (Å²) in [6.07, 6.45) is -0.151. The molecule has 0 heterocycles. The molecule has 0 aliphatic carbocycles. The van der Waals surface area contributed by atoms with Gasteiger partial charge in [0.05, 0.1) is 11.3 Å². The van der Waals surface area contributed by atoms with Crippen molar-refractivity contribution < 1.29 is 38.6 Å². The normalized spacial score (nSPS) is 12.9. The predicted molar refractivity (Wildman–Crippen MR) is 302 cm³/mol. The van der Waals surface area contributed by atoms with Crippen molar-refractivity contribution in [1.29, 1.82) is 0 Å². The molecular formula is C62H62ClN5O8S. The Kier molecular flexibility index (Phi) is 19.8. The van der Waals surface area contributed by atoms with E-state index in [1.54, 1.807) is 109 Å². The molecule has 0 saturated heterocycles. The van der Waals surface area contributed by atoms with Crippen LogP contribution in [-0.4, -0.2) is 82.7 Å². The Hall–Kier alpha value is -8.20. The molecule has 15 heteroatoms. The summed E-state index contributed by atoms with van der Waals surface area (Å²) in [6.45, 7) is 5.29. The first-order valence-electron chi connectivity index (χ1n) is 25.2. The van der Waals surface area contributed by atoms with Crippen molar-refractivity contribution >= 4 is 58.9 Å². The van der Waals surface area contributed by atoms with Gasteiger partial charge in [-0.2, -0.15) is 0 Å². The molecule has 4 atom stereocenters. The summed E-state index contributed by atoms with van der Waals surface area (Å²) in [5, 5.41) is 24.8. The van der Waals surface area contributed by atoms with Crippen LogP contribution in [0.5, 0.6) is 5.75 Å². The lowest BCUT2D eigenvalue weighted by atomic mass is 9.84. The standard InChI is InChI=1S/C62H62ClN5O8S/c1-61(2,3)76-50-35-31-44(32-36-50)38-52(58(72)67-53(60(74)75)39-42-19-9-4-10-20-42)66-59(73)54(41-77-62(46-23-13-6-14-24-46,47-25-15-7-16-26-47)48-27-17-8-18-28-48)68-57(71)51(37-43-29-33-49(63)34-30-43)65-55(69)40-64-56(70)45-21-11-5-12-22-45/h4-36,51-54H,37-41H2,1-3H3,(H,64,70)(H,65,69)(H,66,73)(H,67,72)(H,68,71)(H,74,75)/t51-,52-,53+,54+/m0/s1. The molecule has 7 rings (SSSR count). The van der Waals surface area contributed by atoms with Gasteiger partial charge in [0.2, 0.25) is 23.6 Å². The van der Waals surface area contributed by atoms with Gasteiger partial charge in [0.25, 0.3) is 5.91 Å². The van der Waals surface area contributed by atoms with Gasteiger partial charge in [0.1, 0.15) is 35.5 Å². The fraction of sp³-hybridized carbons (Fsp3) is 0.226. The summed E-state index contributed by atoms with van der Waals surface area (Å²) in [5.74, 6) is -4.22. The zero-order valence-electron chi connectivity index (χ0n) is 43.0. The van der Waals surface area contributed by atoms with E-state index < -0.39 is 76.6 Å². The van der Waals surface area contributed by atoms with Crippen LogP contribution in [0.25, 0.3) is 0 Å². The topological polar surface area (TPSA) is 192 Å². The molecule has 0 aromatic heterocycles. The second kappa shape index (κ2) is 27.0. The fourth-order valence-corrected chi connectivity index (χ4v) is 10.4. The van der Waals surface area contributed by atoms with E-state index in [-0.39, 0.29) is 25.0 Å². The molecular weight excluding hydrogens is 1010 g/mol. The van der Waals surface area contributed by atoms with E-state index in [1.807, 2.05) is 112 Å². The molecule has 396 valence electrons. The number of ether oxygens (including phenoxy) is 1. The number of hydrogen-bond acceptors (Lipinski definition) is 8. The molecule has 13 nitrogen and oxygen atoms in total. The van der Waals surface area contributed by atoms with Crippen LogP contribution >= 0.6 is 23.4 Å². The van der Waals surface area contributed by atoms with Gasteiger partial charge in [-0.25, -0.2) is 4.79 Å². The molecule has 0 aliphatic heterocycles. The molecule has 7 aromatic carbocycles. The SMILES string of the molecule is CC(C)(C)Oc1ccc(C[C@H](NC(=O)[C@@H](CSC(c2ccccc2)(c2ccccc2)c2ccccc2)NC(=O)[C@H](Cc2ccc(Cl)cc2)NC(=O)CNC(=O)c2ccccc2)C(=O)N[C@H](Cc2ccccc2)C(=O)O)cc1. The largest absolute Gasteiger partial charge is 0.488 e. The number of rotatable bonds is 24. The number of carboxylic acid groups (broad SMARTS) is 1. The molecule has 0 fully saturated rings. The third-order valence-corrected chi connectivity index (χ3v) is 14.3. The minimum Gasteiger partial charge on any atom is -0.488 e. The average molecular weight is 1070 g/mol. The molecule has 0 bridgehead atoms. The molecule has 0 spiro atoms. The van der Waals surface area contributed by atoms with E-state index in [4.69, 9.17) is 16.3 Å². The summed E-state index contributed by atoms with van der Waals surface area (Å²) < 4.78 is 5.08. The van der Waals surface area contributed by atoms with Crippen LogP contribution in [0, 0.1) is 0 Å². The highest BCUT2D eigenvalue weighted by molar-refractivity contribution is 8.00. The number of benzene rings is 7. The minimum absolute atomic E-state index is 0.0338. The van der Waals surface area contributed by atoms with Crippen LogP contribution in [0.1, 0.15) is 64.5 Å². The van der Waals surface area contributed by atoms with Crippen molar-refractivity contribution in [2.45, 2.75) is 74.5 Å². The second-order valence-electron chi connectivity index (χ2n) is 19.4. The molecule has 5 amide bonds. The van der Waals surface area contributed by atoms with Gasteiger partial charge in [-0.3, -0.25) is 24.0 Å². The Morgan fingerprint density at radius 3 is 1.36 bits per heavy atom. The molecule has 0 aliphatic rings. The third kappa shape index (κ3) is 16.4. The first-order chi connectivity index (χ1) is 37.1. The van der Waals surface area contributed by atoms with Crippen molar-refractivity contribution in [3.05, 3.63) is 244 Å². The zero-order valence-corrected chi connectivity index (χ0v) is 44.6. The Morgan fingerprint density at radius 1 is 0.494 bits per heavy atom. The molecule has 77 heavy (non-hydrogen) atoms. The van der Waals surface area contributed by atoms with Crippen LogP contribution < -0.4 is 31.3 Å². The van der Waals surface area contributed by atoms with Gasteiger partial charge in [0, 0.05) is 35.6 Å². The van der Waals surface area contributed by atoms with Gasteiger partial charge in [-0.15, -0.1) is 11.8 Å². The van der Waals surface area contributed by atoms with Crippen LogP contribution in [-0.2, 0) is 48.0 Å². The van der Waals surface area contributed by atoms with E-state index in [0.717, 1.165) is 16.7 Å². The van der Waals surface area contributed by atoms with Gasteiger partial charge in [0.15, 0.2) is 0 Å². The molecule has 7 aromatic rings. The minimum atomic E-state index is -1.40. The van der Waals surface area contributed by atoms with Gasteiger partial charge < -0.3 is 36.4 Å². The van der Waals surface area contributed by atoms with Gasteiger partial charge >= 0.3 is 5.97 Å². The maximum atomic E-state index is 15.4. The highest BCUT2D eigenvalue weighted by Crippen LogP contribution is 2.48. The highest BCUT2D eigenvalue weighted by atomic mass is 35.5. The Labute approximate surface area is 458 Å². The number of carbonyl (C=O) groups is 6. The molecule has 6 N–H and O–H groups in total. The Morgan fingerprint density at radius 2 is 0.883 bits per heavy atom. The predicted octanol–water partition coefficient (Wildman–Crippen LogP) is 8.72. The number of aliphatic carboxylic acids is 1. The van der Waals surface area contributed by atoms with Crippen molar-refractivity contribution in [3.8, 4) is 5.75 Å². The monoisotopic (exact) mass is 1070 g/mol. The summed E-state index contributed by atoms with van der Waals surface area (Å²) >= 11 is 7.64. The molecule has 0 unspecified atom stereocenters. The first-order valence-corrected chi connectivity index (χ1v) is 26.6. The summed E-state index contributed by atoms with van der Waals surface area (Å²) in [5.41, 5.74) is 4.42. The van der Waals surface area contributed by atoms with Gasteiger partial charge in [-0.1, -0.05) is 175 Å². The van der Waals surface area contributed by atoms with E-state index >= 15 is 9.59 Å². The van der Waals surface area contributed by atoms with E-state index in [2.05, 4.69) is 26.6 Å². The smallest absolute Gasteiger partial charge is 0.326 e. The third-order valence-electron chi connectivity index (χ3n) is 12.4. The lowest BCUT2D eigenvalue weighted by Gasteiger charge is -2.37. The van der Waals surface area contributed by atoms with Crippen molar-refractivity contribution in [2.24, 2.45) is 0 Å². The molecule has 0 radical (unpaired) electrons. The number of thioether (sulfide) groups is 1. The quantitative estimate of drug-likeness (QED) is 0.0321. The summed E-state index contributed by atoms with van der Waals surface area (Å²) in [6, 6.07) is 55.0. The van der Waals surface area contributed by atoms with Crippen LogP contribution in [0.3, 0.4) is 0 Å². The summed E-state index contributed by atoms with van der Waals surface area (Å²) in [4.78, 5) is 84.5. The van der Waals surface area contributed by atoms with Crippen molar-refractivity contribution in [1.82, 2.24) is 26.6 Å². The number of carboxylic acids is 1. The van der Waals surface area contributed by atoms with Crippen LogP contribution in [0.15, 0.2) is 200 Å². The van der Waals surface area contributed by atoms with Crippen molar-refractivity contribution in [2.75, 3.05) is 12.3 Å². The Bertz CT molecular complexity index is 2960. The first kappa shape index (κ1) is 56.5. The fourth-order valence-electron chi connectivity index (χ4n) is 8.68. The second-order valence-corrected chi connectivity index (χ2v) is 21.0. The van der Waals surface area contributed by atoms with E-state index in [1.165, 1.54) is 11.8 Å². The van der Waals surface area contributed by atoms with Crippen LogP contribution in [0.4, 0.5) is 0 Å². The lowest BCUT2D eigenvalue weighted by Crippen LogP contribution is -2.59. The highest BCUT2D eigenvalue weighted by Gasteiger charge is 2.40. The summed E-state index contributed by atoms with van der Waals surface area (Å²) in [7, 11) is 0. The van der Waals surface area contributed by atoms with E-state index in [0.29, 0.717) is 33.0 Å². The maximum absolute atomic E-state index is 15.4. The Balaban J connectivity index is 1.26. The van der Waals surface area contributed by atoms with Crippen LogP contribution in [0.2, 0.25) is 5.02 Å². The lowest BCUT2D eigenvalue weighted by molar-refractivity contribution is -0.142. The molecule has 0 saturated carbocycles. The number of halogens is 1. The zero-order chi connectivity index (χ0) is 54.8. The van der Waals surface area contributed by atoms with E-state index in [9.17, 15) is 24.3 Å².